The number of nitrogens with two attached hydrogens (primary N) is 1. The van der Waals surface area contributed by atoms with Crippen molar-refractivity contribution < 1.29 is 19.1 Å². The van der Waals surface area contributed by atoms with Gasteiger partial charge < -0.3 is 21.5 Å². The number of nitrogen functional groups attached to an aromatic ring is 1. The lowest BCUT2D eigenvalue weighted by Gasteiger charge is -2.10. The predicted octanol–water partition coefficient (Wildman–Crippen LogP) is 2.75. The van der Waals surface area contributed by atoms with Crippen molar-refractivity contribution in [1.29, 1.82) is 0 Å². The highest BCUT2D eigenvalue weighted by molar-refractivity contribution is 6.01. The van der Waals surface area contributed by atoms with Crippen LogP contribution in [0, 0.1) is 5.82 Å². The second kappa shape index (κ2) is 5.91. The average Bonchev–Trinajstić information content (AvgIpc) is 2.43. The number of benzene rings is 2. The first-order valence-corrected chi connectivity index (χ1v) is 5.92. The summed E-state index contributed by atoms with van der Waals surface area (Å²) in [5.41, 5.74) is 6.08. The number of halogens is 1. The molecule has 6 nitrogen and oxygen atoms in total. The highest BCUT2D eigenvalue weighted by atomic mass is 19.1. The van der Waals surface area contributed by atoms with Crippen LogP contribution in [0.2, 0.25) is 0 Å². The Kier molecular flexibility index (Phi) is 4.03. The fraction of sp³-hybridized carbons (Fsp3) is 0. The van der Waals surface area contributed by atoms with Crippen molar-refractivity contribution in [3.8, 4) is 0 Å². The largest absolute Gasteiger partial charge is 0.478 e. The molecule has 2 aromatic carbocycles. The number of nitrogens with one attached hydrogen (secondary N) is 2. The van der Waals surface area contributed by atoms with Crippen LogP contribution in [0.3, 0.4) is 0 Å². The van der Waals surface area contributed by atoms with Crippen LogP contribution < -0.4 is 16.4 Å². The second-order valence-electron chi connectivity index (χ2n) is 4.17. The molecule has 0 spiro atoms. The predicted molar refractivity (Wildman–Crippen MR) is 76.9 cm³/mol. The van der Waals surface area contributed by atoms with E-state index < -0.39 is 17.8 Å². The zero-order valence-corrected chi connectivity index (χ0v) is 10.8. The Balaban J connectivity index is 2.10. The van der Waals surface area contributed by atoms with Gasteiger partial charge in [0, 0.05) is 0 Å². The molecule has 0 fully saturated rings. The number of rotatable bonds is 3. The van der Waals surface area contributed by atoms with Crippen LogP contribution in [-0.2, 0) is 0 Å². The van der Waals surface area contributed by atoms with Gasteiger partial charge in [0.2, 0.25) is 0 Å². The maximum Gasteiger partial charge on any atom is 0.335 e. The van der Waals surface area contributed by atoms with Crippen LogP contribution in [-0.4, -0.2) is 17.1 Å². The summed E-state index contributed by atoms with van der Waals surface area (Å²) in [6, 6.07) is 9.11. The Hall–Kier alpha value is -3.09. The molecule has 2 amide bonds. The molecule has 0 atom stereocenters. The van der Waals surface area contributed by atoms with E-state index >= 15 is 0 Å². The molecule has 0 aliphatic heterocycles. The molecule has 108 valence electrons. The Labute approximate surface area is 119 Å². The molecule has 0 aliphatic rings. The van der Waals surface area contributed by atoms with E-state index in [2.05, 4.69) is 10.6 Å². The summed E-state index contributed by atoms with van der Waals surface area (Å²) in [6.45, 7) is 0. The Morgan fingerprint density at radius 2 is 1.71 bits per heavy atom. The number of anilines is 3. The number of hydrogen-bond acceptors (Lipinski definition) is 3. The minimum atomic E-state index is -1.25. The summed E-state index contributed by atoms with van der Waals surface area (Å²) in [7, 11) is 0. The van der Waals surface area contributed by atoms with Gasteiger partial charge in [0.05, 0.1) is 22.6 Å². The molecule has 5 N–H and O–H groups in total. The number of carboxylic acids is 1. The average molecular weight is 289 g/mol. The van der Waals surface area contributed by atoms with E-state index in [4.69, 9.17) is 10.8 Å². The zero-order valence-electron chi connectivity index (χ0n) is 10.8. The topological polar surface area (TPSA) is 104 Å². The first kappa shape index (κ1) is 14.3. The Bertz CT molecular complexity index is 704. The summed E-state index contributed by atoms with van der Waals surface area (Å²) in [5, 5.41) is 13.5. The van der Waals surface area contributed by atoms with E-state index in [0.29, 0.717) is 11.4 Å². The smallest absolute Gasteiger partial charge is 0.335 e. The molecule has 0 aliphatic carbocycles. The first-order chi connectivity index (χ1) is 9.97. The molecule has 0 heterocycles. The van der Waals surface area contributed by atoms with Gasteiger partial charge in [-0.2, -0.15) is 0 Å². The van der Waals surface area contributed by atoms with Crippen LogP contribution in [0.5, 0.6) is 0 Å². The van der Waals surface area contributed by atoms with Crippen LogP contribution >= 0.6 is 0 Å². The number of carbonyl (C=O) groups excluding carboxylic acids is 1. The second-order valence-corrected chi connectivity index (χ2v) is 4.17. The Morgan fingerprint density at radius 3 is 2.33 bits per heavy atom. The summed E-state index contributed by atoms with van der Waals surface area (Å²) < 4.78 is 13.7. The van der Waals surface area contributed by atoms with Crippen molar-refractivity contribution in [2.75, 3.05) is 16.4 Å². The SMILES string of the molecule is Nc1ccccc1NC(=O)Nc1ccc(C(=O)O)cc1F. The van der Waals surface area contributed by atoms with Gasteiger partial charge in [0.15, 0.2) is 0 Å². The van der Waals surface area contributed by atoms with Crippen LogP contribution in [0.1, 0.15) is 10.4 Å². The minimum Gasteiger partial charge on any atom is -0.478 e. The van der Waals surface area contributed by atoms with Crippen molar-refractivity contribution in [2.24, 2.45) is 0 Å². The fourth-order valence-corrected chi connectivity index (χ4v) is 1.64. The van der Waals surface area contributed by atoms with E-state index in [1.807, 2.05) is 0 Å². The van der Waals surface area contributed by atoms with Crippen LogP contribution in [0.25, 0.3) is 0 Å². The van der Waals surface area contributed by atoms with Crippen molar-refractivity contribution in [2.45, 2.75) is 0 Å². The molecule has 0 saturated heterocycles. The summed E-state index contributed by atoms with van der Waals surface area (Å²) in [5.74, 6) is -2.09. The summed E-state index contributed by atoms with van der Waals surface area (Å²) >= 11 is 0. The maximum absolute atomic E-state index is 13.7. The molecule has 7 heteroatoms. The third-order valence-corrected chi connectivity index (χ3v) is 2.67. The molecule has 21 heavy (non-hydrogen) atoms. The normalized spacial score (nSPS) is 9.95. The number of para-hydroxylation sites is 2. The number of hydrogen-bond donors (Lipinski definition) is 4. The van der Waals surface area contributed by atoms with Gasteiger partial charge in [-0.25, -0.2) is 14.0 Å². The van der Waals surface area contributed by atoms with Gasteiger partial charge in [-0.15, -0.1) is 0 Å². The van der Waals surface area contributed by atoms with Crippen molar-refractivity contribution >= 4 is 29.1 Å². The molecule has 2 rings (SSSR count). The van der Waals surface area contributed by atoms with E-state index in [1.165, 1.54) is 12.1 Å². The molecular weight excluding hydrogens is 277 g/mol. The van der Waals surface area contributed by atoms with Gasteiger partial charge in [-0.05, 0) is 30.3 Å². The molecule has 0 radical (unpaired) electrons. The van der Waals surface area contributed by atoms with Crippen molar-refractivity contribution in [3.63, 3.8) is 0 Å². The van der Waals surface area contributed by atoms with Gasteiger partial charge in [0.25, 0.3) is 0 Å². The Morgan fingerprint density at radius 1 is 1.05 bits per heavy atom. The van der Waals surface area contributed by atoms with Gasteiger partial charge in [-0.1, -0.05) is 12.1 Å². The zero-order chi connectivity index (χ0) is 15.4. The molecule has 2 aromatic rings. The minimum absolute atomic E-state index is 0.132. The molecule has 0 bridgehead atoms. The quantitative estimate of drug-likeness (QED) is 0.652. The fourth-order valence-electron chi connectivity index (χ4n) is 1.64. The number of carbonyl (C=O) groups is 2. The van der Waals surface area contributed by atoms with Gasteiger partial charge in [-0.3, -0.25) is 0 Å². The number of carboxylic acid groups (broad SMARTS) is 1. The third kappa shape index (κ3) is 3.47. The van der Waals surface area contributed by atoms with E-state index in [1.54, 1.807) is 24.3 Å². The van der Waals surface area contributed by atoms with Crippen molar-refractivity contribution in [3.05, 3.63) is 53.8 Å². The standard InChI is InChI=1S/C14H12FN3O3/c15-9-7-8(13(19)20)5-6-11(9)17-14(21)18-12-4-2-1-3-10(12)16/h1-7H,16H2,(H,19,20)(H2,17,18,21). The highest BCUT2D eigenvalue weighted by Gasteiger charge is 2.11. The van der Waals surface area contributed by atoms with Crippen LogP contribution in [0.4, 0.5) is 26.2 Å². The van der Waals surface area contributed by atoms with Crippen molar-refractivity contribution in [1.82, 2.24) is 0 Å². The van der Waals surface area contributed by atoms with E-state index in [9.17, 15) is 14.0 Å². The lowest BCUT2D eigenvalue weighted by Crippen LogP contribution is -2.20. The van der Waals surface area contributed by atoms with E-state index in [0.717, 1.165) is 6.07 Å². The van der Waals surface area contributed by atoms with Gasteiger partial charge >= 0.3 is 12.0 Å². The summed E-state index contributed by atoms with van der Waals surface area (Å²) in [4.78, 5) is 22.4. The lowest BCUT2D eigenvalue weighted by molar-refractivity contribution is 0.0696. The number of urea groups is 1. The maximum atomic E-state index is 13.7. The van der Waals surface area contributed by atoms with Gasteiger partial charge in [0.1, 0.15) is 5.82 Å². The third-order valence-electron chi connectivity index (χ3n) is 2.67. The monoisotopic (exact) mass is 289 g/mol. The molecular formula is C14H12FN3O3. The van der Waals surface area contributed by atoms with E-state index in [-0.39, 0.29) is 11.3 Å². The first-order valence-electron chi connectivity index (χ1n) is 5.92. The number of amides is 2. The van der Waals surface area contributed by atoms with Crippen LogP contribution in [0.15, 0.2) is 42.5 Å². The molecule has 0 unspecified atom stereocenters. The highest BCUT2D eigenvalue weighted by Crippen LogP contribution is 2.19. The molecule has 0 aromatic heterocycles. The number of aromatic carboxylic acids is 1. The lowest BCUT2D eigenvalue weighted by atomic mass is 10.2. The summed E-state index contributed by atoms with van der Waals surface area (Å²) in [6.07, 6.45) is 0. The molecule has 0 saturated carbocycles.